The number of aliphatic hydroxyl groups is 2. The highest BCUT2D eigenvalue weighted by molar-refractivity contribution is 7.47. The minimum Gasteiger partial charge on any atom is -0.393 e. The van der Waals surface area contributed by atoms with Gasteiger partial charge in [-0.25, -0.2) is 4.57 Å². The highest BCUT2D eigenvalue weighted by Gasteiger charge is 2.27. The number of carbonyl (C=O) groups is 1. The van der Waals surface area contributed by atoms with Crippen molar-refractivity contribution in [3.05, 3.63) is 48.6 Å². The first-order valence-electron chi connectivity index (χ1n) is 19.8. The lowest BCUT2D eigenvalue weighted by atomic mass is 10.0. The molecule has 0 bridgehead atoms. The van der Waals surface area contributed by atoms with Crippen LogP contribution in [0.3, 0.4) is 0 Å². The van der Waals surface area contributed by atoms with Crippen molar-refractivity contribution in [3.63, 3.8) is 0 Å². The lowest BCUT2D eigenvalue weighted by Gasteiger charge is -2.24. The first-order valence-corrected chi connectivity index (χ1v) is 21.3. The number of rotatable bonds is 36. The molecule has 0 aromatic heterocycles. The van der Waals surface area contributed by atoms with Gasteiger partial charge in [0.1, 0.15) is 0 Å². The van der Waals surface area contributed by atoms with Crippen molar-refractivity contribution in [1.29, 1.82) is 0 Å². The standard InChI is InChI=1S/C40H75N2O7P/c1-3-5-7-9-11-13-15-17-18-20-22-24-26-28-30-32-39(44)38(36-49-50(46,47)48-34-33-41)42-40(45)35-37(43)31-29-27-25-23-21-19-16-14-12-10-8-6-4-2/h14-17,22,24,30,32,37-39,43-44H,3-13,18-21,23,25-29,31,33-36,41H2,1-2H3,(H,42,45)(H,46,47)/b16-14-,17-15+,24-22+,32-30+. The molecule has 0 aromatic carbocycles. The van der Waals surface area contributed by atoms with Gasteiger partial charge in [0.25, 0.3) is 0 Å². The van der Waals surface area contributed by atoms with Gasteiger partial charge in [-0.1, -0.05) is 133 Å². The molecular weight excluding hydrogens is 651 g/mol. The molecule has 0 aliphatic rings. The quantitative estimate of drug-likeness (QED) is 0.0243. The van der Waals surface area contributed by atoms with Crippen LogP contribution in [0.2, 0.25) is 0 Å². The van der Waals surface area contributed by atoms with Gasteiger partial charge in [-0.2, -0.15) is 0 Å². The van der Waals surface area contributed by atoms with Crippen molar-refractivity contribution >= 4 is 13.7 Å². The number of hydrogen-bond donors (Lipinski definition) is 5. The Bertz CT molecular complexity index is 941. The maximum atomic E-state index is 12.8. The summed E-state index contributed by atoms with van der Waals surface area (Å²) in [5.41, 5.74) is 5.34. The number of aliphatic hydroxyl groups excluding tert-OH is 2. The van der Waals surface area contributed by atoms with Crippen molar-refractivity contribution in [2.75, 3.05) is 19.8 Å². The fraction of sp³-hybridized carbons (Fsp3) is 0.775. The van der Waals surface area contributed by atoms with Crippen LogP contribution in [-0.2, 0) is 18.4 Å². The average Bonchev–Trinajstić information content (AvgIpc) is 3.09. The smallest absolute Gasteiger partial charge is 0.393 e. The van der Waals surface area contributed by atoms with Crippen molar-refractivity contribution in [2.24, 2.45) is 5.73 Å². The molecule has 0 aliphatic heterocycles. The molecule has 292 valence electrons. The molecule has 50 heavy (non-hydrogen) atoms. The molecule has 0 spiro atoms. The Hall–Kier alpha value is -1.58. The van der Waals surface area contributed by atoms with Crippen molar-refractivity contribution in [3.8, 4) is 0 Å². The van der Waals surface area contributed by atoms with Crippen LogP contribution in [0, 0.1) is 0 Å². The van der Waals surface area contributed by atoms with Crippen LogP contribution in [0.1, 0.15) is 162 Å². The van der Waals surface area contributed by atoms with E-state index >= 15 is 0 Å². The lowest BCUT2D eigenvalue weighted by molar-refractivity contribution is -0.124. The van der Waals surface area contributed by atoms with E-state index in [2.05, 4.69) is 55.6 Å². The molecule has 0 rings (SSSR count). The molecule has 9 nitrogen and oxygen atoms in total. The maximum absolute atomic E-state index is 12.8. The van der Waals surface area contributed by atoms with Crippen molar-refractivity contribution in [1.82, 2.24) is 5.32 Å². The fourth-order valence-corrected chi connectivity index (χ4v) is 6.14. The molecule has 10 heteroatoms. The van der Waals surface area contributed by atoms with Crippen LogP contribution < -0.4 is 11.1 Å². The molecule has 0 saturated carbocycles. The second-order valence-corrected chi connectivity index (χ2v) is 14.8. The maximum Gasteiger partial charge on any atom is 0.472 e. The zero-order valence-corrected chi connectivity index (χ0v) is 32.6. The summed E-state index contributed by atoms with van der Waals surface area (Å²) in [5, 5.41) is 23.9. The second-order valence-electron chi connectivity index (χ2n) is 13.3. The van der Waals surface area contributed by atoms with Gasteiger partial charge in [0.2, 0.25) is 5.91 Å². The van der Waals surface area contributed by atoms with E-state index in [0.717, 1.165) is 57.8 Å². The predicted octanol–water partition coefficient (Wildman–Crippen LogP) is 9.52. The van der Waals surface area contributed by atoms with E-state index < -0.39 is 38.6 Å². The first-order chi connectivity index (χ1) is 24.3. The van der Waals surface area contributed by atoms with Gasteiger partial charge in [-0.3, -0.25) is 13.8 Å². The highest BCUT2D eigenvalue weighted by atomic mass is 31.2. The molecular formula is C40H75N2O7P. The molecule has 0 aliphatic carbocycles. The monoisotopic (exact) mass is 727 g/mol. The SMILES string of the molecule is CCCCCC/C=C\CCCCCCCC(O)CC(=O)NC(COP(=O)(O)OCCN)C(O)/C=C/CC/C=C/CC/C=C/CCCCCCC. The summed E-state index contributed by atoms with van der Waals surface area (Å²) < 4.78 is 22.0. The van der Waals surface area contributed by atoms with Crippen LogP contribution in [0.25, 0.3) is 0 Å². The zero-order chi connectivity index (χ0) is 37.0. The van der Waals surface area contributed by atoms with Crippen LogP contribution in [0.5, 0.6) is 0 Å². The number of unbranched alkanes of at least 4 members (excludes halogenated alkanes) is 16. The van der Waals surface area contributed by atoms with E-state index in [4.69, 9.17) is 14.8 Å². The van der Waals surface area contributed by atoms with E-state index in [-0.39, 0.29) is 19.6 Å². The van der Waals surface area contributed by atoms with Crippen LogP contribution in [-0.4, -0.2) is 59.0 Å². The van der Waals surface area contributed by atoms with Gasteiger partial charge in [-0.15, -0.1) is 0 Å². The Kier molecular flexibility index (Phi) is 34.7. The van der Waals surface area contributed by atoms with Crippen molar-refractivity contribution < 1.29 is 33.5 Å². The van der Waals surface area contributed by atoms with E-state index in [1.807, 2.05) is 6.08 Å². The molecule has 0 fully saturated rings. The summed E-state index contributed by atoms with van der Waals surface area (Å²) >= 11 is 0. The summed E-state index contributed by atoms with van der Waals surface area (Å²) in [4.78, 5) is 22.7. The third-order valence-corrected chi connectivity index (χ3v) is 9.39. The number of allylic oxidation sites excluding steroid dienone is 7. The number of phosphoric acid groups is 1. The van der Waals surface area contributed by atoms with E-state index in [1.165, 1.54) is 70.6 Å². The van der Waals surface area contributed by atoms with Crippen LogP contribution in [0.15, 0.2) is 48.6 Å². The Morgan fingerprint density at radius 1 is 0.680 bits per heavy atom. The molecule has 4 unspecified atom stereocenters. The zero-order valence-electron chi connectivity index (χ0n) is 31.7. The molecule has 4 atom stereocenters. The summed E-state index contributed by atoms with van der Waals surface area (Å²) in [6.45, 7) is 3.88. The molecule has 0 heterocycles. The number of amides is 1. The Morgan fingerprint density at radius 3 is 1.68 bits per heavy atom. The Morgan fingerprint density at radius 2 is 1.14 bits per heavy atom. The van der Waals surface area contributed by atoms with Gasteiger partial charge >= 0.3 is 7.82 Å². The van der Waals surface area contributed by atoms with Gasteiger partial charge in [-0.05, 0) is 70.6 Å². The Balaban J connectivity index is 4.51. The molecule has 0 saturated heterocycles. The third kappa shape index (κ3) is 33.6. The molecule has 6 N–H and O–H groups in total. The number of phosphoric ester groups is 1. The molecule has 1 amide bonds. The van der Waals surface area contributed by atoms with Crippen molar-refractivity contribution in [2.45, 2.75) is 180 Å². The average molecular weight is 727 g/mol. The van der Waals surface area contributed by atoms with Gasteiger partial charge < -0.3 is 26.2 Å². The molecule has 0 aromatic rings. The molecule has 0 radical (unpaired) electrons. The second kappa shape index (κ2) is 35.8. The van der Waals surface area contributed by atoms with E-state index in [0.29, 0.717) is 12.8 Å². The normalized spacial score (nSPS) is 15.4. The minimum absolute atomic E-state index is 0.0399. The highest BCUT2D eigenvalue weighted by Crippen LogP contribution is 2.43. The lowest BCUT2D eigenvalue weighted by Crippen LogP contribution is -2.46. The van der Waals surface area contributed by atoms with Crippen LogP contribution in [0.4, 0.5) is 0 Å². The summed E-state index contributed by atoms with van der Waals surface area (Å²) in [6, 6.07) is -1.01. The number of hydrogen-bond acceptors (Lipinski definition) is 7. The minimum atomic E-state index is -4.41. The van der Waals surface area contributed by atoms with Gasteiger partial charge in [0.05, 0.1) is 37.9 Å². The van der Waals surface area contributed by atoms with Crippen LogP contribution >= 0.6 is 7.82 Å². The summed E-state index contributed by atoms with van der Waals surface area (Å²) in [5.74, 6) is -0.468. The topological polar surface area (TPSA) is 151 Å². The van der Waals surface area contributed by atoms with E-state index in [9.17, 15) is 24.5 Å². The first kappa shape index (κ1) is 48.4. The Labute approximate surface area is 305 Å². The summed E-state index contributed by atoms with van der Waals surface area (Å²) in [7, 11) is -4.41. The number of carbonyl (C=O) groups excluding carboxylic acids is 1. The number of nitrogens with two attached hydrogens (primary N) is 1. The van der Waals surface area contributed by atoms with Gasteiger partial charge in [0, 0.05) is 6.54 Å². The summed E-state index contributed by atoms with van der Waals surface area (Å²) in [6.07, 6.45) is 39.1. The number of nitrogens with one attached hydrogen (secondary N) is 1. The van der Waals surface area contributed by atoms with Gasteiger partial charge in [0.15, 0.2) is 0 Å². The third-order valence-electron chi connectivity index (χ3n) is 8.41. The predicted molar refractivity (Wildman–Crippen MR) is 209 cm³/mol. The van der Waals surface area contributed by atoms with E-state index in [1.54, 1.807) is 6.08 Å². The largest absolute Gasteiger partial charge is 0.472 e. The fourth-order valence-electron chi connectivity index (χ4n) is 5.38.